The van der Waals surface area contributed by atoms with E-state index in [2.05, 4.69) is 40.7 Å². The molecule has 0 aliphatic heterocycles. The molecule has 1 atom stereocenters. The van der Waals surface area contributed by atoms with Crippen molar-refractivity contribution in [3.63, 3.8) is 0 Å². The summed E-state index contributed by atoms with van der Waals surface area (Å²) in [6.07, 6.45) is 2.00. The molecule has 20 heavy (non-hydrogen) atoms. The van der Waals surface area contributed by atoms with E-state index < -0.39 is 0 Å². The second kappa shape index (κ2) is 6.91. The summed E-state index contributed by atoms with van der Waals surface area (Å²) in [6.45, 7) is 2.92. The summed E-state index contributed by atoms with van der Waals surface area (Å²) in [5, 5.41) is 8.47. The van der Waals surface area contributed by atoms with Gasteiger partial charge in [-0.1, -0.05) is 41.9 Å². The molecule has 1 heterocycles. The molecule has 0 radical (unpaired) electrons. The van der Waals surface area contributed by atoms with E-state index in [1.54, 1.807) is 0 Å². The van der Waals surface area contributed by atoms with E-state index >= 15 is 0 Å². The number of nitrogens with zero attached hydrogens (tertiary/aromatic N) is 2. The molecule has 0 fully saturated rings. The van der Waals surface area contributed by atoms with Crippen LogP contribution in [0.25, 0.3) is 0 Å². The van der Waals surface area contributed by atoms with Crippen molar-refractivity contribution in [2.75, 3.05) is 13.6 Å². The quantitative estimate of drug-likeness (QED) is 0.885. The zero-order valence-electron chi connectivity index (χ0n) is 12.4. The molecule has 3 nitrogen and oxygen atoms in total. The van der Waals surface area contributed by atoms with Crippen LogP contribution in [0.3, 0.4) is 0 Å². The summed E-state index contributed by atoms with van der Waals surface area (Å²) in [7, 11) is 3.96. The fraction of sp³-hybridized carbons (Fsp3) is 0.438. The molecule has 1 N–H and O–H groups in total. The first-order valence-corrected chi connectivity index (χ1v) is 7.38. The third-order valence-electron chi connectivity index (χ3n) is 3.71. The maximum Gasteiger partial charge on any atom is 0.0846 e. The van der Waals surface area contributed by atoms with Crippen LogP contribution < -0.4 is 5.32 Å². The molecule has 0 amide bonds. The van der Waals surface area contributed by atoms with E-state index in [1.807, 2.05) is 25.7 Å². The fourth-order valence-corrected chi connectivity index (χ4v) is 2.88. The van der Waals surface area contributed by atoms with Crippen molar-refractivity contribution in [2.45, 2.75) is 25.7 Å². The number of nitrogens with one attached hydrogen (secondary N) is 1. The van der Waals surface area contributed by atoms with Gasteiger partial charge in [0, 0.05) is 13.6 Å². The van der Waals surface area contributed by atoms with Crippen molar-refractivity contribution in [3.05, 3.63) is 52.3 Å². The SMILES string of the molecule is CNCC(CCc1c(Cl)c(C)nn1C)c1ccccc1. The van der Waals surface area contributed by atoms with Gasteiger partial charge in [-0.05, 0) is 38.3 Å². The van der Waals surface area contributed by atoms with Crippen molar-refractivity contribution in [1.82, 2.24) is 15.1 Å². The van der Waals surface area contributed by atoms with Crippen molar-refractivity contribution in [1.29, 1.82) is 0 Å². The van der Waals surface area contributed by atoms with Crippen LogP contribution in [-0.2, 0) is 13.5 Å². The number of aryl methyl sites for hydroxylation is 2. The van der Waals surface area contributed by atoms with Gasteiger partial charge in [0.2, 0.25) is 0 Å². The lowest BCUT2D eigenvalue weighted by Crippen LogP contribution is -2.18. The molecule has 1 unspecified atom stereocenters. The standard InChI is InChI=1S/C16H22ClN3/c1-12-16(17)15(20(3)19-12)10-9-14(11-18-2)13-7-5-4-6-8-13/h4-8,14,18H,9-11H2,1-3H3. The van der Waals surface area contributed by atoms with Crippen LogP contribution in [0, 0.1) is 6.92 Å². The minimum absolute atomic E-state index is 0.493. The topological polar surface area (TPSA) is 29.9 Å². The van der Waals surface area contributed by atoms with E-state index in [-0.39, 0.29) is 0 Å². The molecule has 0 saturated carbocycles. The Hall–Kier alpha value is -1.32. The van der Waals surface area contributed by atoms with Gasteiger partial charge in [-0.2, -0.15) is 5.10 Å². The first-order chi connectivity index (χ1) is 9.63. The number of hydrogen-bond acceptors (Lipinski definition) is 2. The molecule has 2 rings (SSSR count). The smallest absolute Gasteiger partial charge is 0.0846 e. The minimum atomic E-state index is 0.493. The Bertz CT molecular complexity index is 548. The number of aromatic nitrogens is 2. The summed E-state index contributed by atoms with van der Waals surface area (Å²) in [5.74, 6) is 0.493. The largest absolute Gasteiger partial charge is 0.319 e. The summed E-state index contributed by atoms with van der Waals surface area (Å²) in [5.41, 5.74) is 3.41. The van der Waals surface area contributed by atoms with Gasteiger partial charge in [0.1, 0.15) is 0 Å². The molecule has 0 saturated heterocycles. The maximum absolute atomic E-state index is 6.32. The third-order valence-corrected chi connectivity index (χ3v) is 4.20. The van der Waals surface area contributed by atoms with Gasteiger partial charge in [-0.3, -0.25) is 4.68 Å². The fourth-order valence-electron chi connectivity index (χ4n) is 2.62. The highest BCUT2D eigenvalue weighted by Gasteiger charge is 2.15. The van der Waals surface area contributed by atoms with Gasteiger partial charge >= 0.3 is 0 Å². The predicted octanol–water partition coefficient (Wildman–Crippen LogP) is 3.32. The van der Waals surface area contributed by atoms with Crippen LogP contribution in [0.4, 0.5) is 0 Å². The summed E-state index contributed by atoms with van der Waals surface area (Å²) in [4.78, 5) is 0. The summed E-state index contributed by atoms with van der Waals surface area (Å²) < 4.78 is 1.90. The highest BCUT2D eigenvalue weighted by atomic mass is 35.5. The zero-order chi connectivity index (χ0) is 14.5. The maximum atomic E-state index is 6.32. The van der Waals surface area contributed by atoms with Gasteiger partial charge in [0.25, 0.3) is 0 Å². The highest BCUT2D eigenvalue weighted by Crippen LogP contribution is 2.25. The van der Waals surface area contributed by atoms with Crippen LogP contribution in [0.1, 0.15) is 29.3 Å². The summed E-state index contributed by atoms with van der Waals surface area (Å²) >= 11 is 6.32. The van der Waals surface area contributed by atoms with E-state index in [0.717, 1.165) is 35.8 Å². The van der Waals surface area contributed by atoms with Crippen LogP contribution in [0.5, 0.6) is 0 Å². The van der Waals surface area contributed by atoms with Crippen molar-refractivity contribution in [3.8, 4) is 0 Å². The Morgan fingerprint density at radius 1 is 1.30 bits per heavy atom. The lowest BCUT2D eigenvalue weighted by Gasteiger charge is -2.17. The minimum Gasteiger partial charge on any atom is -0.319 e. The molecule has 0 spiro atoms. The Morgan fingerprint density at radius 3 is 2.55 bits per heavy atom. The molecule has 1 aromatic carbocycles. The van der Waals surface area contributed by atoms with Gasteiger partial charge in [-0.25, -0.2) is 0 Å². The second-order valence-electron chi connectivity index (χ2n) is 5.17. The first kappa shape index (κ1) is 15.1. The average Bonchev–Trinajstić information content (AvgIpc) is 2.70. The van der Waals surface area contributed by atoms with Crippen LogP contribution in [0.15, 0.2) is 30.3 Å². The molecule has 0 bridgehead atoms. The van der Waals surface area contributed by atoms with E-state index in [9.17, 15) is 0 Å². The van der Waals surface area contributed by atoms with Crippen molar-refractivity contribution in [2.24, 2.45) is 7.05 Å². The second-order valence-corrected chi connectivity index (χ2v) is 5.55. The van der Waals surface area contributed by atoms with Crippen molar-refractivity contribution < 1.29 is 0 Å². The first-order valence-electron chi connectivity index (χ1n) is 7.01. The van der Waals surface area contributed by atoms with Crippen molar-refractivity contribution >= 4 is 11.6 Å². The molecule has 0 aliphatic carbocycles. The number of halogens is 1. The van der Waals surface area contributed by atoms with Crippen LogP contribution in [-0.4, -0.2) is 23.4 Å². The Labute approximate surface area is 126 Å². The normalized spacial score (nSPS) is 12.6. The molecule has 4 heteroatoms. The Balaban J connectivity index is 2.10. The average molecular weight is 292 g/mol. The van der Waals surface area contributed by atoms with Crippen LogP contribution in [0.2, 0.25) is 5.02 Å². The van der Waals surface area contributed by atoms with Gasteiger partial charge in [0.15, 0.2) is 0 Å². The lowest BCUT2D eigenvalue weighted by atomic mass is 9.93. The Kier molecular flexibility index (Phi) is 5.21. The molecule has 2 aromatic rings. The predicted molar refractivity (Wildman–Crippen MR) is 84.4 cm³/mol. The lowest BCUT2D eigenvalue weighted by molar-refractivity contribution is 0.567. The Morgan fingerprint density at radius 2 is 2.00 bits per heavy atom. The molecular formula is C16H22ClN3. The molecule has 0 aliphatic rings. The third kappa shape index (κ3) is 3.41. The van der Waals surface area contributed by atoms with Gasteiger partial charge in [-0.15, -0.1) is 0 Å². The van der Waals surface area contributed by atoms with Gasteiger partial charge < -0.3 is 5.32 Å². The van der Waals surface area contributed by atoms with E-state index in [0.29, 0.717) is 5.92 Å². The van der Waals surface area contributed by atoms with E-state index in [4.69, 9.17) is 11.6 Å². The molecule has 108 valence electrons. The number of rotatable bonds is 6. The van der Waals surface area contributed by atoms with E-state index in [1.165, 1.54) is 5.56 Å². The monoisotopic (exact) mass is 291 g/mol. The number of hydrogen-bond donors (Lipinski definition) is 1. The number of benzene rings is 1. The molecule has 1 aromatic heterocycles. The molecular weight excluding hydrogens is 270 g/mol. The zero-order valence-corrected chi connectivity index (χ0v) is 13.1. The van der Waals surface area contributed by atoms with Crippen LogP contribution >= 0.6 is 11.6 Å². The summed E-state index contributed by atoms with van der Waals surface area (Å²) in [6, 6.07) is 10.6. The number of likely N-dealkylation sites (N-methyl/N-ethyl adjacent to an activating group) is 1. The van der Waals surface area contributed by atoms with Gasteiger partial charge in [0.05, 0.1) is 16.4 Å². The highest BCUT2D eigenvalue weighted by molar-refractivity contribution is 6.31.